The number of fused-ring (bicyclic) bond motifs is 1. The zero-order valence-corrected chi connectivity index (χ0v) is 14.5. The van der Waals surface area contributed by atoms with Crippen molar-refractivity contribution in [3.8, 4) is 0 Å². The number of aromatic nitrogens is 1. The summed E-state index contributed by atoms with van der Waals surface area (Å²) in [6, 6.07) is 7.11. The number of piperidine rings is 1. The number of likely N-dealkylation sites (tertiary alicyclic amines) is 1. The predicted molar refractivity (Wildman–Crippen MR) is 93.4 cm³/mol. The Balaban J connectivity index is 1.56. The normalized spacial score (nSPS) is 24.0. The molecule has 1 aromatic heterocycles. The molecule has 2 saturated heterocycles. The molecule has 2 aromatic rings. The number of thiazole rings is 1. The summed E-state index contributed by atoms with van der Waals surface area (Å²) in [7, 11) is 0. The highest BCUT2D eigenvalue weighted by Crippen LogP contribution is 2.33. The van der Waals surface area contributed by atoms with Crippen LogP contribution in [0.5, 0.6) is 0 Å². The maximum atomic E-state index is 4.84. The van der Waals surface area contributed by atoms with Crippen molar-refractivity contribution in [3.05, 3.63) is 22.7 Å². The van der Waals surface area contributed by atoms with Gasteiger partial charge in [-0.05, 0) is 57.0 Å². The monoisotopic (exact) mass is 365 g/mol. The van der Waals surface area contributed by atoms with E-state index in [1.165, 1.54) is 48.6 Å². The van der Waals surface area contributed by atoms with Gasteiger partial charge in [-0.25, -0.2) is 4.98 Å². The van der Waals surface area contributed by atoms with Crippen LogP contribution < -0.4 is 4.90 Å². The fraction of sp³-hybridized carbons (Fsp3) is 0.562. The molecular weight excluding hydrogens is 346 g/mol. The van der Waals surface area contributed by atoms with Crippen LogP contribution in [0.1, 0.15) is 25.7 Å². The molecule has 21 heavy (non-hydrogen) atoms. The third-order valence-corrected chi connectivity index (χ3v) is 6.24. The van der Waals surface area contributed by atoms with Gasteiger partial charge in [0.2, 0.25) is 0 Å². The van der Waals surface area contributed by atoms with Gasteiger partial charge < -0.3 is 4.90 Å². The highest BCUT2D eigenvalue weighted by molar-refractivity contribution is 9.10. The molecule has 0 amide bonds. The molecule has 0 bridgehead atoms. The van der Waals surface area contributed by atoms with E-state index in [-0.39, 0.29) is 0 Å². The Morgan fingerprint density at radius 3 is 2.86 bits per heavy atom. The molecule has 0 saturated carbocycles. The van der Waals surface area contributed by atoms with Gasteiger partial charge >= 0.3 is 0 Å². The Kier molecular flexibility index (Phi) is 3.90. The molecule has 2 aliphatic rings. The number of hydrogen-bond acceptors (Lipinski definition) is 4. The van der Waals surface area contributed by atoms with Crippen LogP contribution in [0.2, 0.25) is 0 Å². The van der Waals surface area contributed by atoms with Crippen LogP contribution in [0.15, 0.2) is 22.7 Å². The van der Waals surface area contributed by atoms with Gasteiger partial charge in [-0.15, -0.1) is 0 Å². The van der Waals surface area contributed by atoms with Crippen LogP contribution in [-0.4, -0.2) is 42.1 Å². The minimum Gasteiger partial charge on any atom is -0.346 e. The van der Waals surface area contributed by atoms with Gasteiger partial charge in [0.15, 0.2) is 5.13 Å². The van der Waals surface area contributed by atoms with Gasteiger partial charge in [0.1, 0.15) is 0 Å². The second-order valence-corrected chi connectivity index (χ2v) is 8.02. The fourth-order valence-electron chi connectivity index (χ4n) is 3.55. The Morgan fingerprint density at radius 1 is 1.14 bits per heavy atom. The number of anilines is 1. The van der Waals surface area contributed by atoms with Crippen LogP contribution >= 0.6 is 27.3 Å². The first-order valence-electron chi connectivity index (χ1n) is 7.85. The standard InChI is InChI=1S/C16H20BrN3S/c17-12-5-6-14-15(10-12)21-16(18-14)20-9-3-4-13(11-20)19-7-1-2-8-19/h5-6,10,13H,1-4,7-9,11H2/t13-/m1/s1. The van der Waals surface area contributed by atoms with Crippen LogP contribution in [0.4, 0.5) is 5.13 Å². The number of hydrogen-bond donors (Lipinski definition) is 0. The quantitative estimate of drug-likeness (QED) is 0.797. The molecule has 5 heteroatoms. The maximum absolute atomic E-state index is 4.84. The van der Waals surface area contributed by atoms with Gasteiger partial charge in [-0.3, -0.25) is 4.90 Å². The summed E-state index contributed by atoms with van der Waals surface area (Å²) in [5.74, 6) is 0. The average Bonchev–Trinajstić information content (AvgIpc) is 3.16. The molecule has 3 nitrogen and oxygen atoms in total. The van der Waals surface area contributed by atoms with Crippen molar-refractivity contribution in [3.63, 3.8) is 0 Å². The van der Waals surface area contributed by atoms with Crippen LogP contribution in [0, 0.1) is 0 Å². The minimum atomic E-state index is 0.736. The van der Waals surface area contributed by atoms with Crippen molar-refractivity contribution >= 4 is 42.6 Å². The van der Waals surface area contributed by atoms with Crippen LogP contribution in [0.3, 0.4) is 0 Å². The van der Waals surface area contributed by atoms with E-state index in [1.54, 1.807) is 0 Å². The molecule has 1 atom stereocenters. The second-order valence-electron chi connectivity index (χ2n) is 6.09. The van der Waals surface area contributed by atoms with Gasteiger partial charge in [0, 0.05) is 23.6 Å². The Bertz CT molecular complexity index is 635. The molecule has 0 radical (unpaired) electrons. The van der Waals surface area contributed by atoms with Crippen LogP contribution in [-0.2, 0) is 0 Å². The number of nitrogens with zero attached hydrogens (tertiary/aromatic N) is 3. The lowest BCUT2D eigenvalue weighted by Crippen LogP contribution is -2.47. The predicted octanol–water partition coefficient (Wildman–Crippen LogP) is 4.12. The van der Waals surface area contributed by atoms with Crippen molar-refractivity contribution in [1.82, 2.24) is 9.88 Å². The lowest BCUT2D eigenvalue weighted by atomic mass is 10.1. The molecule has 0 spiro atoms. The fourth-order valence-corrected chi connectivity index (χ4v) is 5.11. The highest BCUT2D eigenvalue weighted by atomic mass is 79.9. The highest BCUT2D eigenvalue weighted by Gasteiger charge is 2.28. The van der Waals surface area contributed by atoms with E-state index < -0.39 is 0 Å². The molecule has 4 rings (SSSR count). The molecule has 2 aliphatic heterocycles. The largest absolute Gasteiger partial charge is 0.346 e. The third-order valence-electron chi connectivity index (χ3n) is 4.66. The first-order chi connectivity index (χ1) is 10.3. The number of halogens is 1. The van der Waals surface area contributed by atoms with Crippen molar-refractivity contribution in [2.24, 2.45) is 0 Å². The van der Waals surface area contributed by atoms with Gasteiger partial charge in [-0.1, -0.05) is 27.3 Å². The van der Waals surface area contributed by atoms with Gasteiger partial charge in [0.05, 0.1) is 10.2 Å². The number of benzene rings is 1. The third kappa shape index (κ3) is 2.83. The number of rotatable bonds is 2. The zero-order chi connectivity index (χ0) is 14.2. The van der Waals surface area contributed by atoms with Crippen molar-refractivity contribution < 1.29 is 0 Å². The lowest BCUT2D eigenvalue weighted by molar-refractivity contribution is 0.215. The van der Waals surface area contributed by atoms with Crippen LogP contribution in [0.25, 0.3) is 10.2 Å². The summed E-state index contributed by atoms with van der Waals surface area (Å²) in [4.78, 5) is 10.0. The summed E-state index contributed by atoms with van der Waals surface area (Å²) >= 11 is 5.38. The first-order valence-corrected chi connectivity index (χ1v) is 9.46. The van der Waals surface area contributed by atoms with Crippen molar-refractivity contribution in [2.45, 2.75) is 31.7 Å². The molecule has 112 valence electrons. The van der Waals surface area contributed by atoms with E-state index >= 15 is 0 Å². The van der Waals surface area contributed by atoms with Gasteiger partial charge in [-0.2, -0.15) is 0 Å². The Labute approximate surface area is 138 Å². The summed E-state index contributed by atoms with van der Waals surface area (Å²) in [5.41, 5.74) is 1.13. The van der Waals surface area contributed by atoms with E-state index in [0.29, 0.717) is 0 Å². The summed E-state index contributed by atoms with van der Waals surface area (Å²) < 4.78 is 2.42. The smallest absolute Gasteiger partial charge is 0.186 e. The molecule has 0 unspecified atom stereocenters. The molecule has 0 N–H and O–H groups in total. The summed E-state index contributed by atoms with van der Waals surface area (Å²) in [6.07, 6.45) is 5.41. The van der Waals surface area contributed by atoms with E-state index in [4.69, 9.17) is 4.98 Å². The second kappa shape index (κ2) is 5.86. The Morgan fingerprint density at radius 2 is 2.00 bits per heavy atom. The van der Waals surface area contributed by atoms with Gasteiger partial charge in [0.25, 0.3) is 0 Å². The maximum Gasteiger partial charge on any atom is 0.186 e. The zero-order valence-electron chi connectivity index (χ0n) is 12.1. The van der Waals surface area contributed by atoms with Crippen molar-refractivity contribution in [2.75, 3.05) is 31.1 Å². The lowest BCUT2D eigenvalue weighted by Gasteiger charge is -2.37. The molecule has 1 aromatic carbocycles. The van der Waals surface area contributed by atoms with E-state index in [2.05, 4.69) is 43.9 Å². The first kappa shape index (κ1) is 14.0. The van der Waals surface area contributed by atoms with E-state index in [0.717, 1.165) is 29.1 Å². The molecular formula is C16H20BrN3S. The SMILES string of the molecule is Brc1ccc2nc(N3CCC[C@@H](N4CCCC4)C3)sc2c1. The average molecular weight is 366 g/mol. The summed E-state index contributed by atoms with van der Waals surface area (Å²) in [5, 5.41) is 1.20. The molecule has 3 heterocycles. The summed E-state index contributed by atoms with van der Waals surface area (Å²) in [6.45, 7) is 4.91. The topological polar surface area (TPSA) is 19.4 Å². The van der Waals surface area contributed by atoms with E-state index in [1.807, 2.05) is 11.3 Å². The van der Waals surface area contributed by atoms with Crippen molar-refractivity contribution in [1.29, 1.82) is 0 Å². The van der Waals surface area contributed by atoms with E-state index in [9.17, 15) is 0 Å². The Hall–Kier alpha value is -0.650. The minimum absolute atomic E-state index is 0.736. The molecule has 2 fully saturated rings. The molecule has 0 aliphatic carbocycles.